The summed E-state index contributed by atoms with van der Waals surface area (Å²) in [7, 11) is 0. The van der Waals surface area contributed by atoms with Crippen LogP contribution in [0.1, 0.15) is 31.1 Å². The van der Waals surface area contributed by atoms with Gasteiger partial charge in [0.15, 0.2) is 0 Å². The van der Waals surface area contributed by atoms with Gasteiger partial charge in [-0.2, -0.15) is 18.3 Å². The van der Waals surface area contributed by atoms with E-state index < -0.39 is 24.0 Å². The number of benzene rings is 1. The molecule has 0 saturated heterocycles. The van der Waals surface area contributed by atoms with Crippen molar-refractivity contribution < 1.29 is 18.0 Å². The van der Waals surface area contributed by atoms with Crippen molar-refractivity contribution in [2.24, 2.45) is 5.92 Å². The number of nitrogens with zero attached hydrogens (tertiary/aromatic N) is 2. The largest absolute Gasteiger partial charge is 0.408 e. The number of halogens is 3. The molecule has 1 aromatic heterocycles. The van der Waals surface area contributed by atoms with E-state index in [2.05, 4.69) is 10.4 Å². The highest BCUT2D eigenvalue weighted by molar-refractivity contribution is 5.95. The van der Waals surface area contributed by atoms with E-state index in [1.165, 1.54) is 19.9 Å². The van der Waals surface area contributed by atoms with Crippen LogP contribution < -0.4 is 5.32 Å². The van der Waals surface area contributed by atoms with Crippen LogP contribution in [0, 0.1) is 5.92 Å². The van der Waals surface area contributed by atoms with Gasteiger partial charge in [0, 0.05) is 23.9 Å². The van der Waals surface area contributed by atoms with E-state index in [1.54, 1.807) is 29.1 Å². The summed E-state index contributed by atoms with van der Waals surface area (Å²) in [5, 5.41) is 6.24. The van der Waals surface area contributed by atoms with E-state index in [1.807, 2.05) is 13.1 Å². The van der Waals surface area contributed by atoms with Crippen molar-refractivity contribution in [2.45, 2.75) is 39.5 Å². The van der Waals surface area contributed by atoms with Crippen LogP contribution >= 0.6 is 0 Å². The lowest BCUT2D eigenvalue weighted by Crippen LogP contribution is -2.48. The molecule has 1 aromatic carbocycles. The number of carbonyl (C=O) groups excluding carboxylic acids is 1. The quantitative estimate of drug-likeness (QED) is 0.898. The summed E-state index contributed by atoms with van der Waals surface area (Å²) >= 11 is 0. The van der Waals surface area contributed by atoms with Gasteiger partial charge < -0.3 is 5.32 Å². The molecule has 1 N–H and O–H groups in total. The second-order valence-electron chi connectivity index (χ2n) is 5.90. The third-order valence-electron chi connectivity index (χ3n) is 3.72. The summed E-state index contributed by atoms with van der Waals surface area (Å²) in [5.41, 5.74) is 1.73. The molecule has 0 bridgehead atoms. The maximum atomic E-state index is 13.0. The van der Waals surface area contributed by atoms with Gasteiger partial charge >= 0.3 is 6.18 Å². The average Bonchev–Trinajstić information content (AvgIpc) is 3.00. The number of carbonyl (C=O) groups is 1. The molecule has 1 heterocycles. The van der Waals surface area contributed by atoms with E-state index in [0.29, 0.717) is 6.54 Å². The van der Waals surface area contributed by atoms with Crippen LogP contribution in [0.5, 0.6) is 0 Å². The first kappa shape index (κ1) is 18.0. The Hall–Kier alpha value is -2.31. The fourth-order valence-corrected chi connectivity index (χ4v) is 2.38. The van der Waals surface area contributed by atoms with E-state index in [4.69, 9.17) is 0 Å². The van der Waals surface area contributed by atoms with Crippen molar-refractivity contribution in [3.05, 3.63) is 42.2 Å². The lowest BCUT2D eigenvalue weighted by Gasteiger charge is -2.25. The molecule has 0 unspecified atom stereocenters. The fourth-order valence-electron chi connectivity index (χ4n) is 2.38. The van der Waals surface area contributed by atoms with Crippen LogP contribution in [0.2, 0.25) is 0 Å². The van der Waals surface area contributed by atoms with E-state index >= 15 is 0 Å². The highest BCUT2D eigenvalue weighted by Crippen LogP contribution is 2.26. The topological polar surface area (TPSA) is 46.9 Å². The van der Waals surface area contributed by atoms with Gasteiger partial charge in [0.2, 0.25) is 0 Å². The monoisotopic (exact) mass is 339 g/mol. The average molecular weight is 339 g/mol. The van der Waals surface area contributed by atoms with Gasteiger partial charge in [-0.05, 0) is 30.5 Å². The lowest BCUT2D eigenvalue weighted by atomic mass is 10.0. The van der Waals surface area contributed by atoms with Crippen molar-refractivity contribution >= 4 is 5.91 Å². The zero-order valence-corrected chi connectivity index (χ0v) is 13.8. The van der Waals surface area contributed by atoms with E-state index in [-0.39, 0.29) is 5.56 Å². The summed E-state index contributed by atoms with van der Waals surface area (Å²) in [6, 6.07) is 4.62. The predicted octanol–water partition coefficient (Wildman–Crippen LogP) is 3.89. The lowest BCUT2D eigenvalue weighted by molar-refractivity contribution is -0.162. The number of hydrogen-bond acceptors (Lipinski definition) is 2. The Morgan fingerprint density at radius 1 is 1.29 bits per heavy atom. The van der Waals surface area contributed by atoms with Gasteiger partial charge in [-0.1, -0.05) is 26.0 Å². The predicted molar refractivity (Wildman–Crippen MR) is 85.5 cm³/mol. The first-order valence-electron chi connectivity index (χ1n) is 7.72. The number of aromatic nitrogens is 2. The Balaban J connectivity index is 2.22. The number of nitrogens with one attached hydrogen (secondary N) is 1. The van der Waals surface area contributed by atoms with Crippen molar-refractivity contribution in [2.75, 3.05) is 0 Å². The van der Waals surface area contributed by atoms with Gasteiger partial charge in [0.25, 0.3) is 5.91 Å². The molecule has 7 heteroatoms. The van der Waals surface area contributed by atoms with Crippen LogP contribution in [0.4, 0.5) is 13.2 Å². The molecular formula is C17H20F3N3O. The number of alkyl halides is 3. The minimum Gasteiger partial charge on any atom is -0.340 e. The van der Waals surface area contributed by atoms with Crippen LogP contribution in [-0.4, -0.2) is 27.9 Å². The molecule has 4 nitrogen and oxygen atoms in total. The smallest absolute Gasteiger partial charge is 0.340 e. The van der Waals surface area contributed by atoms with Crippen molar-refractivity contribution in [3.8, 4) is 11.1 Å². The summed E-state index contributed by atoms with van der Waals surface area (Å²) < 4.78 is 40.8. The van der Waals surface area contributed by atoms with E-state index in [9.17, 15) is 18.0 Å². The Bertz CT molecular complexity index is 707. The second-order valence-corrected chi connectivity index (χ2v) is 5.90. The molecule has 0 aliphatic carbocycles. The summed E-state index contributed by atoms with van der Waals surface area (Å²) in [4.78, 5) is 12.2. The highest BCUT2D eigenvalue weighted by atomic mass is 19.4. The number of rotatable bonds is 5. The number of aryl methyl sites for hydroxylation is 1. The minimum absolute atomic E-state index is 0.187. The maximum Gasteiger partial charge on any atom is 0.408 e. The SMILES string of the molecule is CCn1cc(-c2cccc(C(=O)N[C@H](C(C)C)C(F)(F)F)c2)cn1. The molecule has 0 aliphatic heterocycles. The zero-order chi connectivity index (χ0) is 17.9. The highest BCUT2D eigenvalue weighted by Gasteiger charge is 2.42. The van der Waals surface area contributed by atoms with Crippen molar-refractivity contribution in [1.29, 1.82) is 0 Å². The molecular weight excluding hydrogens is 319 g/mol. The molecule has 0 spiro atoms. The van der Waals surface area contributed by atoms with Gasteiger partial charge in [-0.25, -0.2) is 0 Å². The Morgan fingerprint density at radius 2 is 2.00 bits per heavy atom. The second kappa shape index (κ2) is 7.07. The van der Waals surface area contributed by atoms with Gasteiger partial charge in [0.1, 0.15) is 6.04 Å². The van der Waals surface area contributed by atoms with E-state index in [0.717, 1.165) is 11.1 Å². The molecule has 0 saturated carbocycles. The van der Waals surface area contributed by atoms with Crippen molar-refractivity contribution in [1.82, 2.24) is 15.1 Å². The third kappa shape index (κ3) is 4.15. The Labute approximate surface area is 138 Å². The third-order valence-corrected chi connectivity index (χ3v) is 3.72. The van der Waals surface area contributed by atoms with Gasteiger partial charge in [-0.15, -0.1) is 0 Å². The van der Waals surface area contributed by atoms with Crippen LogP contribution in [0.15, 0.2) is 36.7 Å². The molecule has 0 aliphatic rings. The molecule has 1 atom stereocenters. The molecule has 130 valence electrons. The summed E-state index contributed by atoms with van der Waals surface area (Å²) in [5.74, 6) is -1.49. The molecule has 2 rings (SSSR count). The molecule has 0 radical (unpaired) electrons. The first-order chi connectivity index (χ1) is 11.2. The molecule has 1 amide bonds. The number of hydrogen-bond donors (Lipinski definition) is 1. The standard InChI is InChI=1S/C17H20F3N3O/c1-4-23-10-14(9-21-23)12-6-5-7-13(8-12)16(24)22-15(11(2)3)17(18,19)20/h5-11,15H,4H2,1-3H3,(H,22,24)/t15-/m1/s1. The summed E-state index contributed by atoms with van der Waals surface area (Å²) in [6.07, 6.45) is -0.999. The van der Waals surface area contributed by atoms with Crippen LogP contribution in [0.25, 0.3) is 11.1 Å². The minimum atomic E-state index is -4.48. The molecule has 2 aromatic rings. The van der Waals surface area contributed by atoms with Crippen LogP contribution in [0.3, 0.4) is 0 Å². The Morgan fingerprint density at radius 3 is 2.54 bits per heavy atom. The van der Waals surface area contributed by atoms with Crippen molar-refractivity contribution in [3.63, 3.8) is 0 Å². The summed E-state index contributed by atoms with van der Waals surface area (Å²) in [6.45, 7) is 5.51. The fraction of sp³-hybridized carbons (Fsp3) is 0.412. The van der Waals surface area contributed by atoms with Gasteiger partial charge in [0.05, 0.1) is 6.20 Å². The maximum absolute atomic E-state index is 13.0. The Kier molecular flexibility index (Phi) is 5.31. The normalized spacial score (nSPS) is 13.1. The number of amides is 1. The first-order valence-corrected chi connectivity index (χ1v) is 7.72. The molecule has 24 heavy (non-hydrogen) atoms. The van der Waals surface area contributed by atoms with Gasteiger partial charge in [-0.3, -0.25) is 9.48 Å². The van der Waals surface area contributed by atoms with Crippen LogP contribution in [-0.2, 0) is 6.54 Å². The molecule has 0 fully saturated rings. The zero-order valence-electron chi connectivity index (χ0n) is 13.8.